The van der Waals surface area contributed by atoms with Crippen LogP contribution < -0.4 is 14.8 Å². The van der Waals surface area contributed by atoms with Gasteiger partial charge >= 0.3 is 0 Å². The van der Waals surface area contributed by atoms with Crippen molar-refractivity contribution in [2.75, 3.05) is 32.8 Å². The average Bonchev–Trinajstić information content (AvgIpc) is 2.93. The Balaban J connectivity index is 1.30. The lowest BCUT2D eigenvalue weighted by atomic mass is 9.99. The largest absolute Gasteiger partial charge is 0.508 e. The first-order chi connectivity index (χ1) is 18.7. The normalized spacial score (nSPS) is 19.2. The molecule has 8 nitrogen and oxygen atoms in total. The molecule has 0 radical (unpaired) electrons. The second-order valence-corrected chi connectivity index (χ2v) is 10.4. The summed E-state index contributed by atoms with van der Waals surface area (Å²) in [5.74, 6) is -1.65. The molecule has 1 fully saturated rings. The summed E-state index contributed by atoms with van der Waals surface area (Å²) in [4.78, 5) is 14.7. The maximum absolute atomic E-state index is 13.7. The predicted octanol–water partition coefficient (Wildman–Crippen LogP) is 4.10. The molecule has 10 heteroatoms. The number of amides is 1. The number of halogens is 2. The summed E-state index contributed by atoms with van der Waals surface area (Å²) in [6, 6.07) is 10.9. The molecule has 0 aliphatic carbocycles. The van der Waals surface area contributed by atoms with Gasteiger partial charge in [0.2, 0.25) is 5.91 Å². The molecule has 3 atom stereocenters. The molecule has 4 N–H and O–H groups in total. The molecule has 39 heavy (non-hydrogen) atoms. The van der Waals surface area contributed by atoms with Crippen molar-refractivity contribution < 1.29 is 38.4 Å². The number of ether oxygens (including phenoxy) is 2. The summed E-state index contributed by atoms with van der Waals surface area (Å²) in [6.07, 6.45) is 0.661. The lowest BCUT2D eigenvalue weighted by Crippen LogP contribution is -2.50. The number of phenolic OH excluding ortho intramolecular Hbond substituents is 1. The SMILES string of the molecule is O=C(CCCCCC(O)c1ccc(O)cc1)N[C@H](CN1CCC(F)(F)CC1)C(O)c1ccc2c(c1)OCCO2. The molecule has 2 aromatic carbocycles. The number of aliphatic hydroxyl groups excluding tert-OH is 2. The number of hydrogen-bond donors (Lipinski definition) is 4. The van der Waals surface area contributed by atoms with Gasteiger partial charge in [0.25, 0.3) is 5.92 Å². The Labute approximate surface area is 227 Å². The summed E-state index contributed by atoms with van der Waals surface area (Å²) in [6.45, 7) is 1.48. The smallest absolute Gasteiger partial charge is 0.250 e. The third kappa shape index (κ3) is 8.52. The molecule has 2 aliphatic rings. The highest BCUT2D eigenvalue weighted by Gasteiger charge is 2.36. The van der Waals surface area contributed by atoms with E-state index in [2.05, 4.69) is 5.32 Å². The second-order valence-electron chi connectivity index (χ2n) is 10.4. The molecule has 1 amide bonds. The highest BCUT2D eigenvalue weighted by Crippen LogP contribution is 2.34. The number of aliphatic hydroxyl groups is 2. The van der Waals surface area contributed by atoms with Crippen LogP contribution in [-0.4, -0.2) is 70.9 Å². The number of nitrogens with one attached hydrogen (secondary N) is 1. The molecule has 0 saturated carbocycles. The first-order valence-electron chi connectivity index (χ1n) is 13.6. The van der Waals surface area contributed by atoms with Gasteiger partial charge < -0.3 is 35.0 Å². The molecule has 2 aliphatic heterocycles. The van der Waals surface area contributed by atoms with Gasteiger partial charge in [-0.3, -0.25) is 4.79 Å². The van der Waals surface area contributed by atoms with Gasteiger partial charge in [0.15, 0.2) is 11.5 Å². The number of phenols is 1. The number of hydrogen-bond acceptors (Lipinski definition) is 7. The molecule has 2 unspecified atom stereocenters. The molecule has 0 bridgehead atoms. The van der Waals surface area contributed by atoms with Gasteiger partial charge in [-0.2, -0.15) is 0 Å². The number of unbranched alkanes of at least 4 members (excludes halogenated alkanes) is 2. The van der Waals surface area contributed by atoms with Crippen LogP contribution in [0.1, 0.15) is 68.3 Å². The molecule has 1 saturated heterocycles. The maximum atomic E-state index is 13.7. The van der Waals surface area contributed by atoms with Crippen LogP contribution in [0.5, 0.6) is 17.2 Å². The highest BCUT2D eigenvalue weighted by atomic mass is 19.3. The zero-order valence-electron chi connectivity index (χ0n) is 22.0. The molecular formula is C29H38F2N2O6. The van der Waals surface area contributed by atoms with Crippen molar-refractivity contribution in [3.8, 4) is 17.2 Å². The van der Waals surface area contributed by atoms with Crippen LogP contribution in [0, 0.1) is 0 Å². The zero-order chi connectivity index (χ0) is 27.8. The fourth-order valence-electron chi connectivity index (χ4n) is 4.98. The first-order valence-corrected chi connectivity index (χ1v) is 13.6. The Morgan fingerprint density at radius 2 is 1.62 bits per heavy atom. The number of carbonyl (C=O) groups is 1. The minimum atomic E-state index is -2.68. The summed E-state index contributed by atoms with van der Waals surface area (Å²) >= 11 is 0. The summed E-state index contributed by atoms with van der Waals surface area (Å²) in [7, 11) is 0. The Bertz CT molecular complexity index is 1070. The fourth-order valence-corrected chi connectivity index (χ4v) is 4.98. The topological polar surface area (TPSA) is 111 Å². The van der Waals surface area contributed by atoms with Crippen molar-refractivity contribution in [3.05, 3.63) is 53.6 Å². The molecule has 2 aromatic rings. The van der Waals surface area contributed by atoms with Crippen LogP contribution in [0.15, 0.2) is 42.5 Å². The van der Waals surface area contributed by atoms with E-state index >= 15 is 0 Å². The lowest BCUT2D eigenvalue weighted by Gasteiger charge is -2.36. The van der Waals surface area contributed by atoms with Gasteiger partial charge in [-0.25, -0.2) is 8.78 Å². The quantitative estimate of drug-likeness (QED) is 0.296. The standard InChI is InChI=1S/C29H38F2N2O6/c30-29(31)12-14-33(15-13-29)19-23(28(37)21-8-11-25-26(18-21)39-17-16-38-25)32-27(36)5-3-1-2-4-24(35)20-6-9-22(34)10-7-20/h6-11,18,23-24,28,34-35,37H,1-5,12-17,19H2,(H,32,36)/t23-,24?,28?/m1/s1. The van der Waals surface area contributed by atoms with Crippen molar-refractivity contribution in [1.29, 1.82) is 0 Å². The number of alkyl halides is 2. The van der Waals surface area contributed by atoms with Crippen LogP contribution in [0.25, 0.3) is 0 Å². The number of likely N-dealkylation sites (tertiary alicyclic amines) is 1. The zero-order valence-corrected chi connectivity index (χ0v) is 22.0. The molecule has 214 valence electrons. The highest BCUT2D eigenvalue weighted by molar-refractivity contribution is 5.76. The van der Waals surface area contributed by atoms with Crippen molar-refractivity contribution in [1.82, 2.24) is 10.2 Å². The molecule has 0 aromatic heterocycles. The molecule has 4 rings (SSSR count). The van der Waals surface area contributed by atoms with E-state index in [-0.39, 0.29) is 50.6 Å². The van der Waals surface area contributed by atoms with E-state index in [0.717, 1.165) is 18.4 Å². The number of nitrogens with zero attached hydrogens (tertiary/aromatic N) is 1. The number of fused-ring (bicyclic) bond motifs is 1. The molecule has 0 spiro atoms. The third-order valence-electron chi connectivity index (χ3n) is 7.34. The first kappa shape index (κ1) is 29.0. The van der Waals surface area contributed by atoms with Gasteiger partial charge in [-0.1, -0.05) is 31.0 Å². The van der Waals surface area contributed by atoms with E-state index in [4.69, 9.17) is 9.47 Å². The van der Waals surface area contributed by atoms with Crippen molar-refractivity contribution >= 4 is 5.91 Å². The van der Waals surface area contributed by atoms with Gasteiger partial charge in [-0.05, 0) is 48.2 Å². The van der Waals surface area contributed by atoms with Gasteiger partial charge in [-0.15, -0.1) is 0 Å². The van der Waals surface area contributed by atoms with E-state index in [9.17, 15) is 28.9 Å². The van der Waals surface area contributed by atoms with Crippen molar-refractivity contribution in [3.63, 3.8) is 0 Å². The summed E-state index contributed by atoms with van der Waals surface area (Å²) in [5.41, 5.74) is 1.28. The predicted molar refractivity (Wildman–Crippen MR) is 141 cm³/mol. The van der Waals surface area contributed by atoms with Crippen LogP contribution >= 0.6 is 0 Å². The van der Waals surface area contributed by atoms with Crippen LogP contribution in [0.4, 0.5) is 8.78 Å². The lowest BCUT2D eigenvalue weighted by molar-refractivity contribution is -0.123. The fraction of sp³-hybridized carbons (Fsp3) is 0.552. The van der Waals surface area contributed by atoms with Gasteiger partial charge in [0, 0.05) is 38.9 Å². The monoisotopic (exact) mass is 548 g/mol. The van der Waals surface area contributed by atoms with Gasteiger partial charge in [0.1, 0.15) is 25.1 Å². The summed E-state index contributed by atoms with van der Waals surface area (Å²) in [5, 5.41) is 33.9. The minimum Gasteiger partial charge on any atom is -0.508 e. The van der Waals surface area contributed by atoms with E-state index in [0.29, 0.717) is 43.1 Å². The van der Waals surface area contributed by atoms with Crippen molar-refractivity contribution in [2.45, 2.75) is 69.1 Å². The van der Waals surface area contributed by atoms with Gasteiger partial charge in [0.05, 0.1) is 12.1 Å². The maximum Gasteiger partial charge on any atom is 0.250 e. The Morgan fingerprint density at radius 3 is 2.33 bits per heavy atom. The number of piperidine rings is 1. The van der Waals surface area contributed by atoms with Crippen LogP contribution in [0.2, 0.25) is 0 Å². The third-order valence-corrected chi connectivity index (χ3v) is 7.34. The Kier molecular flexibility index (Phi) is 9.99. The van der Waals surface area contributed by atoms with Crippen LogP contribution in [0.3, 0.4) is 0 Å². The summed E-state index contributed by atoms with van der Waals surface area (Å²) < 4.78 is 38.5. The number of rotatable bonds is 12. The average molecular weight is 549 g/mol. The molecule has 2 heterocycles. The number of aromatic hydroxyl groups is 1. The number of carbonyl (C=O) groups excluding carboxylic acids is 1. The van der Waals surface area contributed by atoms with Crippen LogP contribution in [-0.2, 0) is 4.79 Å². The number of benzene rings is 2. The van der Waals surface area contributed by atoms with E-state index in [1.54, 1.807) is 30.3 Å². The van der Waals surface area contributed by atoms with E-state index in [1.165, 1.54) is 12.1 Å². The van der Waals surface area contributed by atoms with E-state index in [1.807, 2.05) is 4.90 Å². The Morgan fingerprint density at radius 1 is 0.949 bits per heavy atom. The van der Waals surface area contributed by atoms with Crippen molar-refractivity contribution in [2.24, 2.45) is 0 Å². The van der Waals surface area contributed by atoms with E-state index < -0.39 is 24.2 Å². The molecular weight excluding hydrogens is 510 g/mol. The second kappa shape index (κ2) is 13.4. The Hall–Kier alpha value is -2.95. The minimum absolute atomic E-state index is 0.146.